The summed E-state index contributed by atoms with van der Waals surface area (Å²) in [5, 5.41) is 6.02. The molecule has 0 aromatic rings. The molecule has 0 aromatic carbocycles. The van der Waals surface area contributed by atoms with Crippen LogP contribution in [0, 0.1) is 0 Å². The van der Waals surface area contributed by atoms with E-state index < -0.39 is 6.36 Å². The van der Waals surface area contributed by atoms with E-state index >= 15 is 0 Å². The molecule has 0 saturated heterocycles. The summed E-state index contributed by atoms with van der Waals surface area (Å²) in [5.74, 6) is 0. The van der Waals surface area contributed by atoms with Gasteiger partial charge in [-0.3, -0.25) is 4.74 Å². The molecule has 0 spiro atoms. The van der Waals surface area contributed by atoms with Crippen LogP contribution in [0.4, 0.5) is 13.2 Å². The van der Waals surface area contributed by atoms with Crippen LogP contribution in [0.5, 0.6) is 0 Å². The number of hydrogen-bond donors (Lipinski definition) is 2. The Balaban J connectivity index is 0. The average molecular weight is 258 g/mol. The summed E-state index contributed by atoms with van der Waals surface area (Å²) in [5.41, 5.74) is 0. The second-order valence-electron chi connectivity index (χ2n) is 3.15. The first-order chi connectivity index (χ1) is 8.06. The summed E-state index contributed by atoms with van der Waals surface area (Å²) in [6.07, 6.45) is -2.25. The summed E-state index contributed by atoms with van der Waals surface area (Å²) in [6, 6.07) is 0. The average Bonchev–Trinajstić information content (AvgIpc) is 2.28. The molecule has 6 heteroatoms. The molecule has 0 rings (SSSR count). The Labute approximate surface area is 102 Å². The SMILES string of the molecule is CC.CCCCNCCNCCOC(F)(F)F. The van der Waals surface area contributed by atoms with Gasteiger partial charge in [-0.05, 0) is 13.0 Å². The molecule has 0 aliphatic carbocycles. The fourth-order valence-electron chi connectivity index (χ4n) is 0.967. The van der Waals surface area contributed by atoms with Gasteiger partial charge in [0.05, 0.1) is 6.61 Å². The van der Waals surface area contributed by atoms with Crippen molar-refractivity contribution >= 4 is 0 Å². The van der Waals surface area contributed by atoms with Gasteiger partial charge in [-0.15, -0.1) is 13.2 Å². The van der Waals surface area contributed by atoms with E-state index in [1.165, 1.54) is 0 Å². The number of rotatable bonds is 9. The van der Waals surface area contributed by atoms with Crippen LogP contribution in [0.25, 0.3) is 0 Å². The maximum atomic E-state index is 11.5. The van der Waals surface area contributed by atoms with E-state index in [1.807, 2.05) is 13.8 Å². The van der Waals surface area contributed by atoms with Gasteiger partial charge in [-0.1, -0.05) is 27.2 Å². The van der Waals surface area contributed by atoms with Crippen LogP contribution in [0.15, 0.2) is 0 Å². The highest BCUT2D eigenvalue weighted by molar-refractivity contribution is 4.51. The van der Waals surface area contributed by atoms with Crippen LogP contribution in [0.2, 0.25) is 0 Å². The van der Waals surface area contributed by atoms with Gasteiger partial charge in [0, 0.05) is 19.6 Å². The Bertz CT molecular complexity index is 143. The van der Waals surface area contributed by atoms with E-state index in [-0.39, 0.29) is 13.2 Å². The first-order valence-corrected chi connectivity index (χ1v) is 6.18. The molecule has 0 aliphatic heterocycles. The number of ether oxygens (including phenoxy) is 1. The summed E-state index contributed by atoms with van der Waals surface area (Å²) >= 11 is 0. The maximum absolute atomic E-state index is 11.5. The minimum absolute atomic E-state index is 0.217. The zero-order valence-electron chi connectivity index (χ0n) is 11.0. The third kappa shape index (κ3) is 21.5. The minimum Gasteiger partial charge on any atom is -0.315 e. The molecule has 0 aliphatic rings. The molecule has 17 heavy (non-hydrogen) atoms. The summed E-state index contributed by atoms with van der Waals surface area (Å²) in [6.45, 7) is 8.37. The number of hydrogen-bond acceptors (Lipinski definition) is 3. The van der Waals surface area contributed by atoms with Crippen molar-refractivity contribution in [2.75, 3.05) is 32.8 Å². The molecule has 2 N–H and O–H groups in total. The first-order valence-electron chi connectivity index (χ1n) is 6.18. The largest absolute Gasteiger partial charge is 0.522 e. The number of alkyl halides is 3. The monoisotopic (exact) mass is 258 g/mol. The molecule has 0 aromatic heterocycles. The first kappa shape index (κ1) is 19.0. The topological polar surface area (TPSA) is 33.3 Å². The van der Waals surface area contributed by atoms with Crippen molar-refractivity contribution < 1.29 is 17.9 Å². The van der Waals surface area contributed by atoms with Gasteiger partial charge in [0.2, 0.25) is 0 Å². The van der Waals surface area contributed by atoms with Crippen molar-refractivity contribution in [3.63, 3.8) is 0 Å². The summed E-state index contributed by atoms with van der Waals surface area (Å²) in [7, 11) is 0. The fourth-order valence-corrected chi connectivity index (χ4v) is 0.967. The molecular formula is C11H25F3N2O. The van der Waals surface area contributed by atoms with E-state index in [9.17, 15) is 13.2 Å². The molecule has 0 bridgehead atoms. The highest BCUT2D eigenvalue weighted by atomic mass is 19.4. The van der Waals surface area contributed by atoms with Crippen molar-refractivity contribution in [2.24, 2.45) is 0 Å². The van der Waals surface area contributed by atoms with E-state index in [2.05, 4.69) is 22.3 Å². The lowest BCUT2D eigenvalue weighted by molar-refractivity contribution is -0.323. The Kier molecular flexibility index (Phi) is 15.4. The predicted molar refractivity (Wildman–Crippen MR) is 64.0 cm³/mol. The van der Waals surface area contributed by atoms with Gasteiger partial charge in [0.1, 0.15) is 0 Å². The second-order valence-corrected chi connectivity index (χ2v) is 3.15. The quantitative estimate of drug-likeness (QED) is 0.623. The van der Waals surface area contributed by atoms with Crippen molar-refractivity contribution in [3.05, 3.63) is 0 Å². The van der Waals surface area contributed by atoms with Crippen LogP contribution >= 0.6 is 0 Å². The maximum Gasteiger partial charge on any atom is 0.522 e. The molecule has 0 atom stereocenters. The smallest absolute Gasteiger partial charge is 0.315 e. The highest BCUT2D eigenvalue weighted by Gasteiger charge is 2.28. The molecule has 106 valence electrons. The van der Waals surface area contributed by atoms with Gasteiger partial charge < -0.3 is 10.6 Å². The van der Waals surface area contributed by atoms with Crippen LogP contribution in [0.3, 0.4) is 0 Å². The molecule has 0 saturated carbocycles. The lowest BCUT2D eigenvalue weighted by Crippen LogP contribution is -2.31. The molecule has 0 amide bonds. The number of halogens is 3. The van der Waals surface area contributed by atoms with Gasteiger partial charge in [0.15, 0.2) is 0 Å². The van der Waals surface area contributed by atoms with Crippen molar-refractivity contribution in [2.45, 2.75) is 40.0 Å². The zero-order chi connectivity index (χ0) is 13.6. The third-order valence-electron chi connectivity index (χ3n) is 1.73. The van der Waals surface area contributed by atoms with Gasteiger partial charge in [-0.25, -0.2) is 0 Å². The molecule has 0 fully saturated rings. The molecule has 0 radical (unpaired) electrons. The van der Waals surface area contributed by atoms with Crippen LogP contribution < -0.4 is 10.6 Å². The lowest BCUT2D eigenvalue weighted by atomic mass is 10.3. The van der Waals surface area contributed by atoms with Crippen molar-refractivity contribution in [3.8, 4) is 0 Å². The van der Waals surface area contributed by atoms with Crippen LogP contribution in [0.1, 0.15) is 33.6 Å². The van der Waals surface area contributed by atoms with E-state index in [4.69, 9.17) is 0 Å². The summed E-state index contributed by atoms with van der Waals surface area (Å²) < 4.78 is 38.1. The standard InChI is InChI=1S/C9H19F3N2O.C2H6/c1-2-3-4-13-5-6-14-7-8-15-9(10,11)12;1-2/h13-14H,2-8H2,1H3;1-2H3. The molecule has 3 nitrogen and oxygen atoms in total. The van der Waals surface area contributed by atoms with Gasteiger partial charge >= 0.3 is 6.36 Å². The number of nitrogens with one attached hydrogen (secondary N) is 2. The van der Waals surface area contributed by atoms with E-state index in [1.54, 1.807) is 0 Å². The van der Waals surface area contributed by atoms with Crippen LogP contribution in [-0.4, -0.2) is 39.1 Å². The minimum atomic E-state index is -4.51. The normalized spacial score (nSPS) is 10.9. The van der Waals surface area contributed by atoms with Gasteiger partial charge in [-0.2, -0.15) is 0 Å². The Morgan fingerprint density at radius 3 is 1.94 bits per heavy atom. The van der Waals surface area contributed by atoms with Crippen LogP contribution in [-0.2, 0) is 4.74 Å². The second kappa shape index (κ2) is 13.7. The number of unbranched alkanes of at least 4 members (excludes halogenated alkanes) is 1. The third-order valence-corrected chi connectivity index (χ3v) is 1.73. The van der Waals surface area contributed by atoms with E-state index in [0.717, 1.165) is 25.9 Å². The highest BCUT2D eigenvalue weighted by Crippen LogP contribution is 2.14. The predicted octanol–water partition coefficient (Wildman–Crippen LogP) is 2.53. The molecule has 0 unspecified atom stereocenters. The Morgan fingerprint density at radius 2 is 1.47 bits per heavy atom. The summed E-state index contributed by atoms with van der Waals surface area (Å²) in [4.78, 5) is 0. The molecular weight excluding hydrogens is 233 g/mol. The van der Waals surface area contributed by atoms with Crippen molar-refractivity contribution in [1.82, 2.24) is 10.6 Å². The Hall–Kier alpha value is -0.330. The lowest BCUT2D eigenvalue weighted by Gasteiger charge is -2.08. The van der Waals surface area contributed by atoms with Gasteiger partial charge in [0.25, 0.3) is 0 Å². The fraction of sp³-hybridized carbons (Fsp3) is 1.00. The Morgan fingerprint density at radius 1 is 0.941 bits per heavy atom. The van der Waals surface area contributed by atoms with Crippen molar-refractivity contribution in [1.29, 1.82) is 0 Å². The van der Waals surface area contributed by atoms with E-state index in [0.29, 0.717) is 6.54 Å². The zero-order valence-corrected chi connectivity index (χ0v) is 11.0. The molecule has 0 heterocycles.